The number of hydrogen-bond acceptors (Lipinski definition) is 2. The van der Waals surface area contributed by atoms with Gasteiger partial charge in [0.15, 0.2) is 0 Å². The zero-order chi connectivity index (χ0) is 43.3. The van der Waals surface area contributed by atoms with E-state index in [1.54, 1.807) is 0 Å². The van der Waals surface area contributed by atoms with E-state index in [2.05, 4.69) is 237 Å². The Bertz CT molecular complexity index is 3840. The van der Waals surface area contributed by atoms with Gasteiger partial charge in [-0.25, -0.2) is 4.98 Å². The highest BCUT2D eigenvalue weighted by Gasteiger charge is 2.51. The van der Waals surface area contributed by atoms with Crippen molar-refractivity contribution in [3.8, 4) is 67.3 Å². The number of aromatic nitrogens is 1. The minimum absolute atomic E-state index is 0.590. The minimum Gasteiger partial charge on any atom is -0.457 e. The molecule has 0 radical (unpaired) electrons. The van der Waals surface area contributed by atoms with Crippen LogP contribution in [0.4, 0.5) is 0 Å². The number of nitrogens with zero attached hydrogens (tertiary/aromatic N) is 1. The standard InChI is InChI=1S/C64H39NO/c1-3-17-40(18-4-1)41-31-33-42(34-32-41)61-47-23-7-9-25-49(47)62(50-26-10-8-24-48(50)61)44-35-36-58-52(37-44)51-38-57-60(39-53(51)63(65-58)43-19-5-2-6-20-43)66-59-30-16-15-29-56(59)64(57)54-27-13-11-21-45(54)46-22-12-14-28-55(46)64/h1-39H. The van der Waals surface area contributed by atoms with E-state index in [1.807, 2.05) is 0 Å². The lowest BCUT2D eigenvalue weighted by Gasteiger charge is -2.39. The van der Waals surface area contributed by atoms with Crippen molar-refractivity contribution in [2.45, 2.75) is 5.41 Å². The second-order valence-electron chi connectivity index (χ2n) is 17.7. The molecule has 66 heavy (non-hydrogen) atoms. The fourth-order valence-corrected chi connectivity index (χ4v) is 11.5. The molecular weight excluding hydrogens is 799 g/mol. The van der Waals surface area contributed by atoms with Crippen LogP contribution in [0.25, 0.3) is 99.0 Å². The van der Waals surface area contributed by atoms with Gasteiger partial charge in [-0.3, -0.25) is 0 Å². The number of hydrogen-bond donors (Lipinski definition) is 0. The SMILES string of the molecule is c1ccc(-c2ccc(-c3c4ccccc4c(-c4ccc5nc(-c6ccccc6)c6cc7c(cc6c5c4)C4(c5ccccc5O7)c5ccccc5-c5ccccc54)c4ccccc34)cc2)cc1. The van der Waals surface area contributed by atoms with E-state index in [4.69, 9.17) is 9.72 Å². The van der Waals surface area contributed by atoms with Gasteiger partial charge >= 0.3 is 0 Å². The van der Waals surface area contributed by atoms with Crippen LogP contribution in [0.15, 0.2) is 237 Å². The number of rotatable bonds is 4. The monoisotopic (exact) mass is 837 g/mol. The molecule has 0 saturated heterocycles. The van der Waals surface area contributed by atoms with Gasteiger partial charge in [0.25, 0.3) is 0 Å². The van der Waals surface area contributed by atoms with Gasteiger partial charge in [0.2, 0.25) is 0 Å². The van der Waals surface area contributed by atoms with Crippen LogP contribution in [-0.4, -0.2) is 4.98 Å². The molecule has 0 bridgehead atoms. The summed E-state index contributed by atoms with van der Waals surface area (Å²) in [6.07, 6.45) is 0. The number of fused-ring (bicyclic) bond motifs is 14. The predicted molar refractivity (Wildman–Crippen MR) is 273 cm³/mol. The zero-order valence-electron chi connectivity index (χ0n) is 35.9. The molecule has 2 aliphatic rings. The van der Waals surface area contributed by atoms with E-state index in [-0.39, 0.29) is 0 Å². The van der Waals surface area contributed by atoms with Crippen LogP contribution < -0.4 is 4.74 Å². The van der Waals surface area contributed by atoms with Crippen LogP contribution >= 0.6 is 0 Å². The third kappa shape index (κ3) is 5.21. The van der Waals surface area contributed by atoms with Crippen molar-refractivity contribution < 1.29 is 4.74 Å². The van der Waals surface area contributed by atoms with Gasteiger partial charge in [0.1, 0.15) is 11.5 Å². The normalized spacial score (nSPS) is 13.1. The van der Waals surface area contributed by atoms with Crippen molar-refractivity contribution in [2.75, 3.05) is 0 Å². The van der Waals surface area contributed by atoms with Crippen molar-refractivity contribution in [1.82, 2.24) is 4.98 Å². The molecule has 306 valence electrons. The Kier molecular flexibility index (Phi) is 7.93. The molecule has 2 heterocycles. The van der Waals surface area contributed by atoms with Crippen molar-refractivity contribution in [3.63, 3.8) is 0 Å². The summed E-state index contributed by atoms with van der Waals surface area (Å²) < 4.78 is 7.04. The largest absolute Gasteiger partial charge is 0.457 e. The summed E-state index contributed by atoms with van der Waals surface area (Å²) in [6, 6.07) is 86.3. The molecular formula is C64H39NO. The molecule has 0 fully saturated rings. The molecule has 0 unspecified atom stereocenters. The van der Waals surface area contributed by atoms with E-state index >= 15 is 0 Å². The summed E-state index contributed by atoms with van der Waals surface area (Å²) in [6.45, 7) is 0. The third-order valence-corrected chi connectivity index (χ3v) is 14.3. The lowest BCUT2D eigenvalue weighted by molar-refractivity contribution is 0.437. The average molecular weight is 838 g/mol. The molecule has 1 aliphatic heterocycles. The first-order chi connectivity index (χ1) is 32.7. The third-order valence-electron chi connectivity index (χ3n) is 14.3. The van der Waals surface area contributed by atoms with E-state index < -0.39 is 5.41 Å². The molecule has 2 nitrogen and oxygen atoms in total. The summed E-state index contributed by atoms with van der Waals surface area (Å²) in [5, 5.41) is 8.20. The molecule has 0 N–H and O–H groups in total. The summed E-state index contributed by atoms with van der Waals surface area (Å²) in [7, 11) is 0. The van der Waals surface area contributed by atoms with Crippen LogP contribution in [0.5, 0.6) is 11.5 Å². The van der Waals surface area contributed by atoms with Crippen molar-refractivity contribution in [1.29, 1.82) is 0 Å². The first-order valence-electron chi connectivity index (χ1n) is 22.8. The Hall–Kier alpha value is -8.59. The number of benzene rings is 11. The van der Waals surface area contributed by atoms with Gasteiger partial charge in [-0.05, 0) is 113 Å². The number of para-hydroxylation sites is 1. The maximum atomic E-state index is 7.04. The fraction of sp³-hybridized carbons (Fsp3) is 0.0156. The maximum Gasteiger partial charge on any atom is 0.132 e. The molecule has 0 saturated carbocycles. The molecule has 0 amide bonds. The van der Waals surface area contributed by atoms with Gasteiger partial charge in [-0.1, -0.05) is 206 Å². The molecule has 1 aromatic heterocycles. The summed E-state index contributed by atoms with van der Waals surface area (Å²) in [5.74, 6) is 1.73. The first-order valence-corrected chi connectivity index (χ1v) is 22.8. The Morgan fingerprint density at radius 3 is 1.41 bits per heavy atom. The maximum absolute atomic E-state index is 7.04. The van der Waals surface area contributed by atoms with Crippen LogP contribution in [0.2, 0.25) is 0 Å². The second kappa shape index (κ2) is 14.2. The van der Waals surface area contributed by atoms with Crippen molar-refractivity contribution in [3.05, 3.63) is 259 Å². The Morgan fingerprint density at radius 1 is 0.288 bits per heavy atom. The quantitative estimate of drug-likeness (QED) is 0.130. The van der Waals surface area contributed by atoms with Crippen LogP contribution in [0.1, 0.15) is 22.3 Å². The Labute approximate surface area is 382 Å². The van der Waals surface area contributed by atoms with Gasteiger partial charge < -0.3 is 4.74 Å². The fourth-order valence-electron chi connectivity index (χ4n) is 11.5. The molecule has 11 aromatic carbocycles. The molecule has 0 atom stereocenters. The second-order valence-corrected chi connectivity index (χ2v) is 17.7. The van der Waals surface area contributed by atoms with E-state index in [1.165, 1.54) is 71.6 Å². The predicted octanol–water partition coefficient (Wildman–Crippen LogP) is 16.8. The van der Waals surface area contributed by atoms with E-state index in [0.29, 0.717) is 0 Å². The van der Waals surface area contributed by atoms with Gasteiger partial charge in [-0.15, -0.1) is 0 Å². The van der Waals surface area contributed by atoms with Crippen molar-refractivity contribution >= 4 is 43.2 Å². The van der Waals surface area contributed by atoms with Gasteiger partial charge in [0, 0.05) is 27.5 Å². The highest BCUT2D eigenvalue weighted by molar-refractivity contribution is 6.22. The highest BCUT2D eigenvalue weighted by Crippen LogP contribution is 2.63. The smallest absolute Gasteiger partial charge is 0.132 e. The molecule has 12 aromatic rings. The molecule has 14 rings (SSSR count). The number of ether oxygens (including phenoxy) is 1. The summed E-state index contributed by atoms with van der Waals surface area (Å²) >= 11 is 0. The first kappa shape index (κ1) is 36.8. The van der Waals surface area contributed by atoms with Crippen LogP contribution in [0.3, 0.4) is 0 Å². The average Bonchev–Trinajstić information content (AvgIpc) is 3.68. The lowest BCUT2D eigenvalue weighted by atomic mass is 9.65. The Balaban J connectivity index is 1.05. The molecule has 2 heteroatoms. The number of pyridine rings is 1. The molecule has 1 spiro atoms. The summed E-state index contributed by atoms with van der Waals surface area (Å²) in [4.78, 5) is 5.51. The van der Waals surface area contributed by atoms with Crippen molar-refractivity contribution in [2.24, 2.45) is 0 Å². The van der Waals surface area contributed by atoms with Gasteiger partial charge in [-0.2, -0.15) is 0 Å². The highest BCUT2D eigenvalue weighted by atomic mass is 16.5. The van der Waals surface area contributed by atoms with Gasteiger partial charge in [0.05, 0.1) is 16.6 Å². The lowest BCUT2D eigenvalue weighted by Crippen LogP contribution is -2.32. The summed E-state index contributed by atoms with van der Waals surface area (Å²) in [5.41, 5.74) is 17.0. The van der Waals surface area contributed by atoms with Crippen LogP contribution in [-0.2, 0) is 5.41 Å². The molecule has 1 aliphatic carbocycles. The Morgan fingerprint density at radius 2 is 0.773 bits per heavy atom. The minimum atomic E-state index is -0.590. The van der Waals surface area contributed by atoms with E-state index in [0.717, 1.165) is 61.1 Å². The van der Waals surface area contributed by atoms with Crippen LogP contribution in [0, 0.1) is 0 Å². The zero-order valence-corrected chi connectivity index (χ0v) is 35.9. The van der Waals surface area contributed by atoms with E-state index in [9.17, 15) is 0 Å². The topological polar surface area (TPSA) is 22.1 Å².